The quantitative estimate of drug-likeness (QED) is 0.646. The Morgan fingerprint density at radius 2 is 1.96 bits per heavy atom. The third kappa shape index (κ3) is 5.82. The molecule has 1 heterocycles. The molecule has 2 unspecified atom stereocenters. The lowest BCUT2D eigenvalue weighted by Gasteiger charge is -2.24. The number of benzene rings is 2. The number of carbonyl (C=O) groups is 1. The molecule has 1 aliphatic heterocycles. The van der Waals surface area contributed by atoms with Crippen molar-refractivity contribution in [3.63, 3.8) is 0 Å². The molecule has 154 valence electrons. The number of halogens is 3. The second kappa shape index (κ2) is 10.6. The molecule has 0 aliphatic carbocycles. The van der Waals surface area contributed by atoms with Crippen molar-refractivity contribution in [3.05, 3.63) is 59.9 Å². The molecule has 5 nitrogen and oxygen atoms in total. The zero-order valence-corrected chi connectivity index (χ0v) is 17.2. The van der Waals surface area contributed by atoms with Crippen LogP contribution >= 0.6 is 24.8 Å². The minimum Gasteiger partial charge on any atom is -0.380 e. The fourth-order valence-electron chi connectivity index (χ4n) is 2.94. The smallest absolute Gasteiger partial charge is 0.248 e. The van der Waals surface area contributed by atoms with E-state index in [2.05, 4.69) is 10.6 Å². The van der Waals surface area contributed by atoms with Gasteiger partial charge in [0.05, 0.1) is 11.8 Å². The average molecular weight is 430 g/mol. The third-order valence-corrected chi connectivity index (χ3v) is 4.62. The highest BCUT2D eigenvalue weighted by Crippen LogP contribution is 2.23. The summed E-state index contributed by atoms with van der Waals surface area (Å²) in [6, 6.07) is 13.6. The lowest BCUT2D eigenvalue weighted by atomic mass is 9.92. The SMILES string of the molecule is CC(N)(C(=O)Nc1ccc(NCC2CCCO2)c(F)c1)c1ccccc1.Cl.Cl. The van der Waals surface area contributed by atoms with Gasteiger partial charge in [-0.1, -0.05) is 30.3 Å². The highest BCUT2D eigenvalue weighted by Gasteiger charge is 2.30. The lowest BCUT2D eigenvalue weighted by molar-refractivity contribution is -0.120. The minimum absolute atomic E-state index is 0. The van der Waals surface area contributed by atoms with Crippen molar-refractivity contribution in [2.45, 2.75) is 31.4 Å². The minimum atomic E-state index is -1.21. The molecule has 8 heteroatoms. The standard InChI is InChI=1S/C20H24FN3O2.2ClH/c1-20(22,14-6-3-2-4-7-14)19(25)24-15-9-10-18(17(21)12-15)23-13-16-8-5-11-26-16;;/h2-4,6-7,9-10,12,16,23H,5,8,11,13,22H2,1H3,(H,24,25);2*1H. The summed E-state index contributed by atoms with van der Waals surface area (Å²) in [7, 11) is 0. The van der Waals surface area contributed by atoms with E-state index in [1.54, 1.807) is 31.2 Å². The fourth-order valence-corrected chi connectivity index (χ4v) is 2.94. The van der Waals surface area contributed by atoms with Crippen molar-refractivity contribution in [1.82, 2.24) is 0 Å². The maximum Gasteiger partial charge on any atom is 0.248 e. The Morgan fingerprint density at radius 1 is 1.25 bits per heavy atom. The largest absolute Gasteiger partial charge is 0.380 e. The van der Waals surface area contributed by atoms with Crippen LogP contribution in [0.3, 0.4) is 0 Å². The van der Waals surface area contributed by atoms with Crippen molar-refractivity contribution < 1.29 is 13.9 Å². The summed E-state index contributed by atoms with van der Waals surface area (Å²) in [4.78, 5) is 12.5. The van der Waals surface area contributed by atoms with E-state index < -0.39 is 17.3 Å². The molecule has 2 aromatic rings. The Morgan fingerprint density at radius 3 is 2.57 bits per heavy atom. The molecule has 1 saturated heterocycles. The van der Waals surface area contributed by atoms with Gasteiger partial charge >= 0.3 is 0 Å². The summed E-state index contributed by atoms with van der Waals surface area (Å²) >= 11 is 0. The Bertz CT molecular complexity index is 769. The van der Waals surface area contributed by atoms with Crippen molar-refractivity contribution in [1.29, 1.82) is 0 Å². The molecule has 1 fully saturated rings. The van der Waals surface area contributed by atoms with Gasteiger partial charge in [-0.2, -0.15) is 0 Å². The monoisotopic (exact) mass is 429 g/mol. The lowest BCUT2D eigenvalue weighted by Crippen LogP contribution is -2.45. The molecule has 1 aliphatic rings. The highest BCUT2D eigenvalue weighted by molar-refractivity contribution is 5.98. The van der Waals surface area contributed by atoms with E-state index in [0.29, 0.717) is 23.5 Å². The van der Waals surface area contributed by atoms with Gasteiger partial charge in [-0.05, 0) is 43.5 Å². The summed E-state index contributed by atoms with van der Waals surface area (Å²) in [6.07, 6.45) is 2.15. The van der Waals surface area contributed by atoms with E-state index in [4.69, 9.17) is 10.5 Å². The number of amides is 1. The summed E-state index contributed by atoms with van der Waals surface area (Å²) in [6.45, 7) is 2.96. The third-order valence-electron chi connectivity index (χ3n) is 4.62. The molecule has 28 heavy (non-hydrogen) atoms. The molecule has 0 bridgehead atoms. The van der Waals surface area contributed by atoms with E-state index in [-0.39, 0.29) is 30.9 Å². The van der Waals surface area contributed by atoms with Gasteiger partial charge in [0.1, 0.15) is 11.4 Å². The van der Waals surface area contributed by atoms with Gasteiger partial charge in [-0.3, -0.25) is 4.79 Å². The van der Waals surface area contributed by atoms with Gasteiger partial charge in [0.2, 0.25) is 5.91 Å². The van der Waals surface area contributed by atoms with Crippen LogP contribution in [-0.4, -0.2) is 25.2 Å². The average Bonchev–Trinajstić information content (AvgIpc) is 3.15. The number of nitrogens with one attached hydrogen (secondary N) is 2. The molecule has 0 aromatic heterocycles. The van der Waals surface area contributed by atoms with Gasteiger partial charge in [-0.25, -0.2) is 4.39 Å². The molecular formula is C20H26Cl2FN3O2. The van der Waals surface area contributed by atoms with Crippen molar-refractivity contribution >= 4 is 42.1 Å². The van der Waals surface area contributed by atoms with Crippen LogP contribution in [-0.2, 0) is 15.1 Å². The molecule has 2 aromatic carbocycles. The summed E-state index contributed by atoms with van der Waals surface area (Å²) in [5.41, 5.74) is 6.41. The van der Waals surface area contributed by atoms with Crippen LogP contribution in [0.2, 0.25) is 0 Å². The van der Waals surface area contributed by atoms with Gasteiger partial charge in [0.15, 0.2) is 0 Å². The Hall–Kier alpha value is -1.86. The number of hydrogen-bond acceptors (Lipinski definition) is 4. The topological polar surface area (TPSA) is 76.4 Å². The summed E-state index contributed by atoms with van der Waals surface area (Å²) in [5, 5.41) is 5.74. The van der Waals surface area contributed by atoms with Crippen LogP contribution in [0.1, 0.15) is 25.3 Å². The van der Waals surface area contributed by atoms with Gasteiger partial charge in [0, 0.05) is 18.8 Å². The number of nitrogens with two attached hydrogens (primary N) is 1. The zero-order chi connectivity index (χ0) is 18.6. The first-order valence-electron chi connectivity index (χ1n) is 8.77. The van der Waals surface area contributed by atoms with E-state index in [0.717, 1.165) is 19.4 Å². The normalized spacial score (nSPS) is 17.6. The predicted molar refractivity (Wildman–Crippen MR) is 115 cm³/mol. The first-order chi connectivity index (χ1) is 12.5. The number of rotatable bonds is 6. The first-order valence-corrected chi connectivity index (χ1v) is 8.77. The van der Waals surface area contributed by atoms with Crippen LogP contribution in [0.5, 0.6) is 0 Å². The number of anilines is 2. The van der Waals surface area contributed by atoms with Crippen LogP contribution in [0.4, 0.5) is 15.8 Å². The van der Waals surface area contributed by atoms with E-state index in [1.165, 1.54) is 6.07 Å². The molecule has 2 atom stereocenters. The summed E-state index contributed by atoms with van der Waals surface area (Å²) < 4.78 is 19.8. The second-order valence-corrected chi connectivity index (χ2v) is 6.73. The molecule has 0 radical (unpaired) electrons. The molecule has 0 saturated carbocycles. The fraction of sp³-hybridized carbons (Fsp3) is 0.350. The van der Waals surface area contributed by atoms with Gasteiger partial charge in [-0.15, -0.1) is 24.8 Å². The predicted octanol–water partition coefficient (Wildman–Crippen LogP) is 4.07. The van der Waals surface area contributed by atoms with Crippen LogP contribution < -0.4 is 16.4 Å². The van der Waals surface area contributed by atoms with E-state index in [9.17, 15) is 9.18 Å². The number of carbonyl (C=O) groups excluding carboxylic acids is 1. The van der Waals surface area contributed by atoms with Crippen molar-refractivity contribution in [2.75, 3.05) is 23.8 Å². The van der Waals surface area contributed by atoms with Crippen LogP contribution in [0, 0.1) is 5.82 Å². The van der Waals surface area contributed by atoms with E-state index >= 15 is 0 Å². The maximum absolute atomic E-state index is 14.3. The Labute approximate surface area is 177 Å². The molecule has 0 spiro atoms. The van der Waals surface area contributed by atoms with Gasteiger partial charge < -0.3 is 21.1 Å². The summed E-state index contributed by atoms with van der Waals surface area (Å²) in [5.74, 6) is -0.831. The Balaban J connectivity index is 0.00000196. The van der Waals surface area contributed by atoms with Crippen molar-refractivity contribution in [3.8, 4) is 0 Å². The van der Waals surface area contributed by atoms with Crippen LogP contribution in [0.25, 0.3) is 0 Å². The molecule has 4 N–H and O–H groups in total. The van der Waals surface area contributed by atoms with Crippen LogP contribution in [0.15, 0.2) is 48.5 Å². The first kappa shape index (κ1) is 24.2. The molecule has 3 rings (SSSR count). The zero-order valence-electron chi connectivity index (χ0n) is 15.6. The molecule has 1 amide bonds. The molecular weight excluding hydrogens is 404 g/mol. The number of hydrogen-bond donors (Lipinski definition) is 3. The maximum atomic E-state index is 14.3. The highest BCUT2D eigenvalue weighted by atomic mass is 35.5. The number of ether oxygens (including phenoxy) is 1. The second-order valence-electron chi connectivity index (χ2n) is 6.73. The Kier molecular flexibility index (Phi) is 9.17. The van der Waals surface area contributed by atoms with Crippen molar-refractivity contribution in [2.24, 2.45) is 5.73 Å². The van der Waals surface area contributed by atoms with Gasteiger partial charge in [0.25, 0.3) is 0 Å². The van der Waals surface area contributed by atoms with E-state index in [1.807, 2.05) is 18.2 Å².